The topological polar surface area (TPSA) is 58.6 Å². The molecule has 0 aliphatic carbocycles. The van der Waals surface area contributed by atoms with Crippen LogP contribution in [0.2, 0.25) is 0 Å². The van der Waals surface area contributed by atoms with Crippen LogP contribution < -0.4 is 15.0 Å². The predicted octanol–water partition coefficient (Wildman–Crippen LogP) is 3.69. The number of para-hydroxylation sites is 1. The predicted molar refractivity (Wildman–Crippen MR) is 103 cm³/mol. The minimum Gasteiger partial charge on any atom is -0.494 e. The second-order valence-electron chi connectivity index (χ2n) is 6.59. The molecule has 2 amide bonds. The molecule has 1 N–H and O–H groups in total. The molecule has 136 valence electrons. The Kier molecular flexibility index (Phi) is 5.26. The van der Waals surface area contributed by atoms with Gasteiger partial charge in [-0.15, -0.1) is 0 Å². The van der Waals surface area contributed by atoms with E-state index >= 15 is 0 Å². The maximum atomic E-state index is 12.6. The summed E-state index contributed by atoms with van der Waals surface area (Å²) in [5.74, 6) is 0.279. The highest BCUT2D eigenvalue weighted by Crippen LogP contribution is 2.31. The molecule has 1 aliphatic rings. The van der Waals surface area contributed by atoms with Gasteiger partial charge in [-0.3, -0.25) is 9.59 Å². The first-order chi connectivity index (χ1) is 12.5. The second-order valence-corrected chi connectivity index (χ2v) is 6.59. The largest absolute Gasteiger partial charge is 0.494 e. The van der Waals surface area contributed by atoms with E-state index < -0.39 is 0 Å². The number of nitrogens with zero attached hydrogens (tertiary/aromatic N) is 1. The maximum Gasteiger partial charge on any atom is 0.229 e. The number of amides is 2. The number of nitrogens with one attached hydrogen (secondary N) is 1. The Labute approximate surface area is 154 Å². The normalized spacial score (nSPS) is 16.7. The SMILES string of the molecule is CCOc1ccc(NC(=O)[C@@H]2CC(=O)N(c3c(C)cccc3C)C2)cc1. The van der Waals surface area contributed by atoms with E-state index in [2.05, 4.69) is 5.32 Å². The van der Waals surface area contributed by atoms with Crippen molar-refractivity contribution in [1.82, 2.24) is 0 Å². The van der Waals surface area contributed by atoms with Gasteiger partial charge < -0.3 is 15.0 Å². The Morgan fingerprint density at radius 1 is 1.15 bits per heavy atom. The first-order valence-corrected chi connectivity index (χ1v) is 8.90. The number of rotatable bonds is 5. The van der Waals surface area contributed by atoms with Crippen molar-refractivity contribution in [2.75, 3.05) is 23.4 Å². The van der Waals surface area contributed by atoms with Gasteiger partial charge in [-0.25, -0.2) is 0 Å². The van der Waals surface area contributed by atoms with Crippen molar-refractivity contribution in [3.8, 4) is 5.75 Å². The fourth-order valence-electron chi connectivity index (χ4n) is 3.38. The number of hydrogen-bond acceptors (Lipinski definition) is 3. The van der Waals surface area contributed by atoms with Gasteiger partial charge in [0.2, 0.25) is 11.8 Å². The molecule has 0 saturated carbocycles. The Balaban J connectivity index is 1.69. The molecule has 5 nitrogen and oxygen atoms in total. The van der Waals surface area contributed by atoms with Crippen LogP contribution in [0.25, 0.3) is 0 Å². The summed E-state index contributed by atoms with van der Waals surface area (Å²) in [6.45, 7) is 6.91. The van der Waals surface area contributed by atoms with Gasteiger partial charge in [0.1, 0.15) is 5.75 Å². The number of carbonyl (C=O) groups is 2. The van der Waals surface area contributed by atoms with Crippen LogP contribution >= 0.6 is 0 Å². The maximum absolute atomic E-state index is 12.6. The van der Waals surface area contributed by atoms with E-state index in [9.17, 15) is 9.59 Å². The molecule has 0 radical (unpaired) electrons. The molecule has 0 bridgehead atoms. The lowest BCUT2D eigenvalue weighted by Crippen LogP contribution is -2.29. The van der Waals surface area contributed by atoms with E-state index in [0.717, 1.165) is 22.6 Å². The van der Waals surface area contributed by atoms with Crippen LogP contribution in [0.1, 0.15) is 24.5 Å². The first-order valence-electron chi connectivity index (χ1n) is 8.90. The number of hydrogen-bond donors (Lipinski definition) is 1. The molecule has 1 heterocycles. The number of carbonyl (C=O) groups excluding carboxylic acids is 2. The van der Waals surface area contributed by atoms with E-state index in [1.54, 1.807) is 4.90 Å². The highest BCUT2D eigenvalue weighted by atomic mass is 16.5. The van der Waals surface area contributed by atoms with Crippen LogP contribution in [-0.2, 0) is 9.59 Å². The fraction of sp³-hybridized carbons (Fsp3) is 0.333. The second kappa shape index (κ2) is 7.60. The molecule has 0 unspecified atom stereocenters. The average molecular weight is 352 g/mol. The number of anilines is 2. The van der Waals surface area contributed by atoms with Crippen LogP contribution in [-0.4, -0.2) is 25.0 Å². The standard InChI is InChI=1S/C21H24N2O3/c1-4-26-18-10-8-17(9-11-18)22-21(25)16-12-19(24)23(13-16)20-14(2)6-5-7-15(20)3/h5-11,16H,4,12-13H2,1-3H3,(H,22,25)/t16-/m1/s1. The average Bonchev–Trinajstić information content (AvgIpc) is 2.99. The monoisotopic (exact) mass is 352 g/mol. The summed E-state index contributed by atoms with van der Waals surface area (Å²) in [6.07, 6.45) is 0.233. The summed E-state index contributed by atoms with van der Waals surface area (Å²) in [7, 11) is 0. The van der Waals surface area contributed by atoms with Crippen molar-refractivity contribution in [2.24, 2.45) is 5.92 Å². The van der Waals surface area contributed by atoms with E-state index in [-0.39, 0.29) is 24.2 Å². The smallest absolute Gasteiger partial charge is 0.229 e. The van der Waals surface area contributed by atoms with Crippen molar-refractivity contribution in [3.05, 3.63) is 53.6 Å². The third-order valence-electron chi connectivity index (χ3n) is 4.64. The third kappa shape index (κ3) is 3.72. The van der Waals surface area contributed by atoms with Crippen molar-refractivity contribution in [3.63, 3.8) is 0 Å². The van der Waals surface area contributed by atoms with E-state index in [0.29, 0.717) is 18.8 Å². The molecule has 0 spiro atoms. The van der Waals surface area contributed by atoms with Crippen LogP contribution in [0.15, 0.2) is 42.5 Å². The van der Waals surface area contributed by atoms with Crippen LogP contribution in [0, 0.1) is 19.8 Å². The molecular formula is C21H24N2O3. The number of aryl methyl sites for hydroxylation is 2. The molecule has 2 aromatic carbocycles. The van der Waals surface area contributed by atoms with Gasteiger partial charge in [0.15, 0.2) is 0 Å². The van der Waals surface area contributed by atoms with Crippen LogP contribution in [0.3, 0.4) is 0 Å². The lowest BCUT2D eigenvalue weighted by atomic mass is 10.1. The molecule has 26 heavy (non-hydrogen) atoms. The van der Waals surface area contributed by atoms with Crippen molar-refractivity contribution in [1.29, 1.82) is 0 Å². The minimum atomic E-state index is -0.354. The molecule has 2 aromatic rings. The van der Waals surface area contributed by atoms with Gasteiger partial charge in [0.25, 0.3) is 0 Å². The summed E-state index contributed by atoms with van der Waals surface area (Å²) in [5, 5.41) is 2.90. The van der Waals surface area contributed by atoms with Gasteiger partial charge in [0, 0.05) is 24.3 Å². The van der Waals surface area contributed by atoms with E-state index in [1.807, 2.05) is 63.2 Å². The van der Waals surface area contributed by atoms with Crippen LogP contribution in [0.5, 0.6) is 5.75 Å². The lowest BCUT2D eigenvalue weighted by Gasteiger charge is -2.21. The summed E-state index contributed by atoms with van der Waals surface area (Å²) in [5.41, 5.74) is 3.72. The summed E-state index contributed by atoms with van der Waals surface area (Å²) < 4.78 is 5.40. The van der Waals surface area contributed by atoms with E-state index in [4.69, 9.17) is 4.74 Å². The fourth-order valence-corrected chi connectivity index (χ4v) is 3.38. The summed E-state index contributed by atoms with van der Waals surface area (Å²) >= 11 is 0. The van der Waals surface area contributed by atoms with Crippen molar-refractivity contribution < 1.29 is 14.3 Å². The Morgan fingerprint density at radius 3 is 2.42 bits per heavy atom. The quantitative estimate of drug-likeness (QED) is 0.893. The zero-order valence-corrected chi connectivity index (χ0v) is 15.4. The highest BCUT2D eigenvalue weighted by Gasteiger charge is 2.36. The molecule has 1 saturated heterocycles. The van der Waals surface area contributed by atoms with Crippen LogP contribution in [0.4, 0.5) is 11.4 Å². The number of benzene rings is 2. The Hall–Kier alpha value is -2.82. The van der Waals surface area contributed by atoms with Gasteiger partial charge in [-0.05, 0) is 56.2 Å². The molecule has 3 rings (SSSR count). The molecular weight excluding hydrogens is 328 g/mol. The lowest BCUT2D eigenvalue weighted by molar-refractivity contribution is -0.122. The zero-order valence-electron chi connectivity index (χ0n) is 15.4. The van der Waals surface area contributed by atoms with E-state index in [1.165, 1.54) is 0 Å². The first kappa shape index (κ1) is 18.0. The third-order valence-corrected chi connectivity index (χ3v) is 4.64. The zero-order chi connectivity index (χ0) is 18.7. The van der Waals surface area contributed by atoms with Gasteiger partial charge >= 0.3 is 0 Å². The van der Waals surface area contributed by atoms with Crippen molar-refractivity contribution >= 4 is 23.2 Å². The minimum absolute atomic E-state index is 0.00533. The number of ether oxygens (including phenoxy) is 1. The molecule has 5 heteroatoms. The Morgan fingerprint density at radius 2 is 1.81 bits per heavy atom. The summed E-state index contributed by atoms with van der Waals surface area (Å²) in [4.78, 5) is 26.8. The van der Waals surface area contributed by atoms with Gasteiger partial charge in [0.05, 0.1) is 12.5 Å². The molecule has 1 fully saturated rings. The van der Waals surface area contributed by atoms with Gasteiger partial charge in [-0.1, -0.05) is 18.2 Å². The summed E-state index contributed by atoms with van der Waals surface area (Å²) in [6, 6.07) is 13.2. The molecule has 1 aliphatic heterocycles. The van der Waals surface area contributed by atoms with Crippen molar-refractivity contribution in [2.45, 2.75) is 27.2 Å². The van der Waals surface area contributed by atoms with Gasteiger partial charge in [-0.2, -0.15) is 0 Å². The molecule has 0 aromatic heterocycles. The highest BCUT2D eigenvalue weighted by molar-refractivity contribution is 6.04. The Bertz CT molecular complexity index is 794. The molecule has 1 atom stereocenters.